The SMILES string of the molecule is NC(=S)N/N=C\c1c(-c2ccccc2)[nH]c2ccccc12. The minimum atomic E-state index is 0.146. The normalized spacial score (nSPS) is 11.0. The largest absolute Gasteiger partial charge is 0.375 e. The summed E-state index contributed by atoms with van der Waals surface area (Å²) in [5, 5.41) is 5.34. The molecule has 0 amide bonds. The van der Waals surface area contributed by atoms with Crippen LogP contribution in [0.3, 0.4) is 0 Å². The smallest absolute Gasteiger partial charge is 0.184 e. The number of benzene rings is 2. The zero-order chi connectivity index (χ0) is 14.7. The summed E-state index contributed by atoms with van der Waals surface area (Å²) in [6, 6.07) is 18.2. The van der Waals surface area contributed by atoms with Gasteiger partial charge < -0.3 is 10.7 Å². The number of nitrogens with one attached hydrogen (secondary N) is 2. The van der Waals surface area contributed by atoms with Gasteiger partial charge in [0.15, 0.2) is 5.11 Å². The van der Waals surface area contributed by atoms with Crippen molar-refractivity contribution in [2.45, 2.75) is 0 Å². The number of nitrogens with two attached hydrogens (primary N) is 1. The number of aromatic amines is 1. The summed E-state index contributed by atoms with van der Waals surface area (Å²) in [6.07, 6.45) is 1.74. The van der Waals surface area contributed by atoms with E-state index in [0.717, 1.165) is 27.7 Å². The van der Waals surface area contributed by atoms with Gasteiger partial charge in [-0.3, -0.25) is 5.43 Å². The second-order valence-corrected chi connectivity index (χ2v) is 5.00. The number of fused-ring (bicyclic) bond motifs is 1. The summed E-state index contributed by atoms with van der Waals surface area (Å²) >= 11 is 4.76. The number of aromatic nitrogens is 1. The Morgan fingerprint density at radius 3 is 2.57 bits per heavy atom. The Hall–Kier alpha value is -2.66. The van der Waals surface area contributed by atoms with Crippen molar-refractivity contribution in [1.29, 1.82) is 0 Å². The highest BCUT2D eigenvalue weighted by Crippen LogP contribution is 2.28. The van der Waals surface area contributed by atoms with Crippen LogP contribution in [0.1, 0.15) is 5.56 Å². The van der Waals surface area contributed by atoms with E-state index in [1.165, 1.54) is 0 Å². The molecular weight excluding hydrogens is 280 g/mol. The van der Waals surface area contributed by atoms with Crippen LogP contribution in [0.25, 0.3) is 22.2 Å². The fourth-order valence-corrected chi connectivity index (χ4v) is 2.34. The van der Waals surface area contributed by atoms with Gasteiger partial charge in [-0.1, -0.05) is 48.5 Å². The van der Waals surface area contributed by atoms with E-state index in [1.807, 2.05) is 36.4 Å². The molecule has 21 heavy (non-hydrogen) atoms. The average molecular weight is 294 g/mol. The number of hydrogen-bond donors (Lipinski definition) is 3. The molecule has 104 valence electrons. The van der Waals surface area contributed by atoms with Crippen LogP contribution in [0.2, 0.25) is 0 Å². The Kier molecular flexibility index (Phi) is 3.66. The molecule has 0 spiro atoms. The summed E-state index contributed by atoms with van der Waals surface area (Å²) in [4.78, 5) is 3.44. The molecule has 0 saturated heterocycles. The van der Waals surface area contributed by atoms with E-state index in [-0.39, 0.29) is 5.11 Å². The fourth-order valence-electron chi connectivity index (χ4n) is 2.29. The second kappa shape index (κ2) is 5.76. The minimum Gasteiger partial charge on any atom is -0.375 e. The summed E-state index contributed by atoms with van der Waals surface area (Å²) in [6.45, 7) is 0. The topological polar surface area (TPSA) is 66.2 Å². The van der Waals surface area contributed by atoms with Gasteiger partial charge in [0.2, 0.25) is 0 Å². The van der Waals surface area contributed by atoms with Gasteiger partial charge in [0, 0.05) is 16.5 Å². The molecule has 3 aromatic rings. The number of nitrogens with zero attached hydrogens (tertiary/aromatic N) is 1. The Morgan fingerprint density at radius 2 is 1.81 bits per heavy atom. The number of hydrazone groups is 1. The summed E-state index contributed by atoms with van der Waals surface area (Å²) in [7, 11) is 0. The number of rotatable bonds is 3. The Balaban J connectivity index is 2.14. The highest BCUT2D eigenvalue weighted by Gasteiger charge is 2.10. The van der Waals surface area contributed by atoms with Crippen LogP contribution in [-0.2, 0) is 0 Å². The van der Waals surface area contributed by atoms with Gasteiger partial charge in [-0.15, -0.1) is 0 Å². The molecule has 0 atom stereocenters. The van der Waals surface area contributed by atoms with Crippen LogP contribution in [0.4, 0.5) is 0 Å². The van der Waals surface area contributed by atoms with Crippen LogP contribution in [0, 0.1) is 0 Å². The Labute approximate surface area is 127 Å². The van der Waals surface area contributed by atoms with Crippen molar-refractivity contribution in [2.75, 3.05) is 0 Å². The molecule has 1 heterocycles. The third kappa shape index (κ3) is 2.78. The van der Waals surface area contributed by atoms with E-state index in [9.17, 15) is 0 Å². The quantitative estimate of drug-likeness (QED) is 0.395. The lowest BCUT2D eigenvalue weighted by Crippen LogP contribution is -2.24. The lowest BCUT2D eigenvalue weighted by atomic mass is 10.1. The molecule has 2 aromatic carbocycles. The van der Waals surface area contributed by atoms with Crippen molar-refractivity contribution in [3.05, 3.63) is 60.2 Å². The number of para-hydroxylation sites is 1. The summed E-state index contributed by atoms with van der Waals surface area (Å²) in [5.41, 5.74) is 12.2. The highest BCUT2D eigenvalue weighted by atomic mass is 32.1. The second-order valence-electron chi connectivity index (χ2n) is 4.56. The van der Waals surface area contributed by atoms with Gasteiger partial charge in [0.1, 0.15) is 0 Å². The van der Waals surface area contributed by atoms with Crippen LogP contribution >= 0.6 is 12.2 Å². The Bertz CT molecular complexity index is 806. The first-order chi connectivity index (χ1) is 10.3. The molecule has 0 saturated carbocycles. The average Bonchev–Trinajstić information content (AvgIpc) is 2.87. The van der Waals surface area contributed by atoms with Gasteiger partial charge in [-0.05, 0) is 23.8 Å². The molecule has 4 N–H and O–H groups in total. The van der Waals surface area contributed by atoms with E-state index in [2.05, 4.69) is 33.7 Å². The van der Waals surface area contributed by atoms with Crippen molar-refractivity contribution < 1.29 is 0 Å². The molecule has 0 bridgehead atoms. The zero-order valence-corrected chi connectivity index (χ0v) is 12.0. The lowest BCUT2D eigenvalue weighted by molar-refractivity contribution is 1.04. The lowest BCUT2D eigenvalue weighted by Gasteiger charge is -2.00. The van der Waals surface area contributed by atoms with Crippen LogP contribution in [-0.4, -0.2) is 16.3 Å². The van der Waals surface area contributed by atoms with Gasteiger partial charge in [-0.2, -0.15) is 5.10 Å². The number of H-pyrrole nitrogens is 1. The molecule has 0 unspecified atom stereocenters. The number of hydrogen-bond acceptors (Lipinski definition) is 2. The maximum atomic E-state index is 5.39. The molecule has 4 nitrogen and oxygen atoms in total. The first-order valence-corrected chi connectivity index (χ1v) is 6.91. The molecule has 0 aliphatic rings. The molecule has 0 aliphatic heterocycles. The van der Waals surface area contributed by atoms with Crippen LogP contribution in [0.15, 0.2) is 59.7 Å². The summed E-state index contributed by atoms with van der Waals surface area (Å²) in [5.74, 6) is 0. The third-order valence-electron chi connectivity index (χ3n) is 3.18. The maximum Gasteiger partial charge on any atom is 0.184 e. The molecule has 0 aliphatic carbocycles. The van der Waals surface area contributed by atoms with E-state index in [0.29, 0.717) is 0 Å². The van der Waals surface area contributed by atoms with E-state index >= 15 is 0 Å². The molecule has 0 fully saturated rings. The van der Waals surface area contributed by atoms with Crippen molar-refractivity contribution in [3.63, 3.8) is 0 Å². The minimum absolute atomic E-state index is 0.146. The standard InChI is InChI=1S/C16H14N4S/c17-16(21)20-18-10-13-12-8-4-5-9-14(12)19-15(13)11-6-2-1-3-7-11/h1-10,19H,(H3,17,20,21)/b18-10-. The van der Waals surface area contributed by atoms with E-state index in [1.54, 1.807) is 6.21 Å². The first kappa shape index (κ1) is 13.3. The van der Waals surface area contributed by atoms with Gasteiger partial charge in [0.05, 0.1) is 11.9 Å². The van der Waals surface area contributed by atoms with Gasteiger partial charge in [0.25, 0.3) is 0 Å². The van der Waals surface area contributed by atoms with Crippen molar-refractivity contribution in [2.24, 2.45) is 10.8 Å². The van der Waals surface area contributed by atoms with E-state index < -0.39 is 0 Å². The van der Waals surface area contributed by atoms with E-state index in [4.69, 9.17) is 18.0 Å². The van der Waals surface area contributed by atoms with Crippen LogP contribution < -0.4 is 11.2 Å². The predicted octanol–water partition coefficient (Wildman–Crippen LogP) is 3.00. The van der Waals surface area contributed by atoms with Gasteiger partial charge in [-0.25, -0.2) is 0 Å². The zero-order valence-electron chi connectivity index (χ0n) is 11.2. The molecule has 0 radical (unpaired) electrons. The van der Waals surface area contributed by atoms with Crippen molar-refractivity contribution in [1.82, 2.24) is 10.4 Å². The van der Waals surface area contributed by atoms with Crippen LogP contribution in [0.5, 0.6) is 0 Å². The third-order valence-corrected chi connectivity index (χ3v) is 3.27. The highest BCUT2D eigenvalue weighted by molar-refractivity contribution is 7.80. The maximum absolute atomic E-state index is 5.39. The van der Waals surface area contributed by atoms with Crippen molar-refractivity contribution in [3.8, 4) is 11.3 Å². The summed E-state index contributed by atoms with van der Waals surface area (Å²) < 4.78 is 0. The fraction of sp³-hybridized carbons (Fsp3) is 0. The molecule has 3 rings (SSSR count). The predicted molar refractivity (Wildman–Crippen MR) is 91.2 cm³/mol. The first-order valence-electron chi connectivity index (χ1n) is 6.50. The molecular formula is C16H14N4S. The molecule has 1 aromatic heterocycles. The monoisotopic (exact) mass is 294 g/mol. The van der Waals surface area contributed by atoms with Crippen molar-refractivity contribution >= 4 is 34.4 Å². The Morgan fingerprint density at radius 1 is 1.10 bits per heavy atom. The number of thiocarbonyl (C=S) groups is 1. The molecule has 5 heteroatoms. The van der Waals surface area contributed by atoms with Gasteiger partial charge >= 0.3 is 0 Å².